The van der Waals surface area contributed by atoms with E-state index in [4.69, 9.17) is 11.6 Å². The molecule has 0 saturated carbocycles. The number of imide groups is 1. The number of carbonyl (C=O) groups is 3. The van der Waals surface area contributed by atoms with Gasteiger partial charge in [-0.25, -0.2) is 0 Å². The summed E-state index contributed by atoms with van der Waals surface area (Å²) in [6, 6.07) is 3.08. The summed E-state index contributed by atoms with van der Waals surface area (Å²) in [5.74, 6) is -0.893. The highest BCUT2D eigenvalue weighted by molar-refractivity contribution is 6.34. The van der Waals surface area contributed by atoms with Crippen molar-refractivity contribution < 1.29 is 14.4 Å². The summed E-state index contributed by atoms with van der Waals surface area (Å²) >= 11 is 6.62. The van der Waals surface area contributed by atoms with Crippen LogP contribution in [-0.4, -0.2) is 41.8 Å². The van der Waals surface area contributed by atoms with Crippen molar-refractivity contribution in [3.63, 3.8) is 0 Å². The molecule has 1 unspecified atom stereocenters. The number of piperidine rings is 1. The third-order valence-corrected chi connectivity index (χ3v) is 5.49. The van der Waals surface area contributed by atoms with Crippen LogP contribution in [0.5, 0.6) is 0 Å². The van der Waals surface area contributed by atoms with E-state index in [-0.39, 0.29) is 30.6 Å². The molecular formula is C18H19Cl2N3O3. The second kappa shape index (κ2) is 7.39. The van der Waals surface area contributed by atoms with E-state index in [1.807, 2.05) is 6.07 Å². The van der Waals surface area contributed by atoms with Crippen molar-refractivity contribution in [3.8, 4) is 0 Å². The fourth-order valence-corrected chi connectivity index (χ4v) is 4.07. The number of hydrogen-bond acceptors (Lipinski definition) is 4. The van der Waals surface area contributed by atoms with Crippen molar-refractivity contribution in [2.75, 3.05) is 13.1 Å². The molecule has 1 saturated heterocycles. The molecule has 4 rings (SSSR count). The summed E-state index contributed by atoms with van der Waals surface area (Å²) in [6.45, 7) is 2.02. The number of nitrogens with one attached hydrogen (secondary N) is 2. The molecule has 26 heavy (non-hydrogen) atoms. The lowest BCUT2D eigenvalue weighted by Crippen LogP contribution is -2.52. The van der Waals surface area contributed by atoms with Gasteiger partial charge in [0.05, 0.1) is 5.02 Å². The zero-order valence-corrected chi connectivity index (χ0v) is 15.6. The smallest absolute Gasteiger partial charge is 0.255 e. The molecule has 1 fully saturated rings. The van der Waals surface area contributed by atoms with Gasteiger partial charge < -0.3 is 10.2 Å². The second-order valence-electron chi connectivity index (χ2n) is 6.54. The molecule has 3 amide bonds. The molecule has 0 aromatic heterocycles. The van der Waals surface area contributed by atoms with E-state index in [1.54, 1.807) is 6.07 Å². The normalized spacial score (nSPS) is 22.5. The summed E-state index contributed by atoms with van der Waals surface area (Å²) in [7, 11) is 0. The van der Waals surface area contributed by atoms with Crippen LogP contribution in [0.3, 0.4) is 0 Å². The molecule has 1 aromatic carbocycles. The number of benzene rings is 1. The van der Waals surface area contributed by atoms with Gasteiger partial charge in [0.2, 0.25) is 11.8 Å². The fourth-order valence-electron chi connectivity index (χ4n) is 3.72. The average molecular weight is 396 g/mol. The minimum absolute atomic E-state index is 0. The van der Waals surface area contributed by atoms with Gasteiger partial charge in [0.1, 0.15) is 6.04 Å². The number of hydrogen-bond donors (Lipinski definition) is 2. The quantitative estimate of drug-likeness (QED) is 0.749. The Morgan fingerprint density at radius 2 is 1.88 bits per heavy atom. The number of halogens is 2. The molecule has 0 radical (unpaired) electrons. The monoisotopic (exact) mass is 395 g/mol. The molecule has 2 N–H and O–H groups in total. The Bertz CT molecular complexity index is 822. The molecule has 0 aliphatic carbocycles. The predicted molar refractivity (Wildman–Crippen MR) is 100 cm³/mol. The Labute approximate surface area is 162 Å². The van der Waals surface area contributed by atoms with Crippen LogP contribution < -0.4 is 10.6 Å². The third kappa shape index (κ3) is 3.13. The molecule has 1 aromatic rings. The molecule has 6 nitrogen and oxygen atoms in total. The summed E-state index contributed by atoms with van der Waals surface area (Å²) in [5, 5.41) is 6.17. The lowest BCUT2D eigenvalue weighted by molar-refractivity contribution is -0.136. The molecule has 1 atom stereocenters. The summed E-state index contributed by atoms with van der Waals surface area (Å²) < 4.78 is 0. The van der Waals surface area contributed by atoms with Gasteiger partial charge in [0.15, 0.2) is 0 Å². The van der Waals surface area contributed by atoms with Gasteiger partial charge in [-0.05, 0) is 36.6 Å². The Morgan fingerprint density at radius 1 is 1.12 bits per heavy atom. The van der Waals surface area contributed by atoms with E-state index in [1.165, 1.54) is 10.5 Å². The van der Waals surface area contributed by atoms with Crippen LogP contribution in [-0.2, 0) is 16.1 Å². The molecule has 3 aliphatic rings. The summed E-state index contributed by atoms with van der Waals surface area (Å²) in [6.07, 6.45) is 3.61. The van der Waals surface area contributed by atoms with E-state index in [0.717, 1.165) is 30.6 Å². The molecule has 0 bridgehead atoms. The zero-order chi connectivity index (χ0) is 17.6. The average Bonchev–Trinajstić information content (AvgIpc) is 2.94. The zero-order valence-electron chi connectivity index (χ0n) is 14.0. The van der Waals surface area contributed by atoms with E-state index in [0.29, 0.717) is 23.6 Å². The van der Waals surface area contributed by atoms with Crippen molar-refractivity contribution in [2.45, 2.75) is 31.8 Å². The maximum Gasteiger partial charge on any atom is 0.255 e. The molecule has 0 spiro atoms. The number of carbonyl (C=O) groups excluding carboxylic acids is 3. The largest absolute Gasteiger partial charge is 0.322 e. The molecular weight excluding hydrogens is 377 g/mol. The summed E-state index contributed by atoms with van der Waals surface area (Å²) in [4.78, 5) is 37.7. The molecule has 3 aliphatic heterocycles. The van der Waals surface area contributed by atoms with Crippen LogP contribution in [0.25, 0.3) is 5.57 Å². The van der Waals surface area contributed by atoms with Crippen LogP contribution >= 0.6 is 24.0 Å². The maximum atomic E-state index is 12.7. The van der Waals surface area contributed by atoms with Crippen molar-refractivity contribution in [2.24, 2.45) is 0 Å². The number of fused-ring (bicyclic) bond motifs is 1. The van der Waals surface area contributed by atoms with Crippen LogP contribution in [0.15, 0.2) is 18.2 Å². The van der Waals surface area contributed by atoms with Crippen LogP contribution in [0, 0.1) is 0 Å². The second-order valence-corrected chi connectivity index (χ2v) is 6.91. The third-order valence-electron chi connectivity index (χ3n) is 5.06. The SMILES string of the molecule is Cl.O=C1CCC(N2Cc3c(ccc(C4=CCNCC4)c3Cl)C2=O)C(=O)N1. The minimum Gasteiger partial charge on any atom is -0.322 e. The van der Waals surface area contributed by atoms with Gasteiger partial charge in [-0.2, -0.15) is 0 Å². The first-order valence-electron chi connectivity index (χ1n) is 8.42. The number of rotatable bonds is 2. The van der Waals surface area contributed by atoms with Crippen LogP contribution in [0.4, 0.5) is 0 Å². The van der Waals surface area contributed by atoms with Crippen molar-refractivity contribution in [3.05, 3.63) is 39.9 Å². The first-order valence-corrected chi connectivity index (χ1v) is 8.80. The highest BCUT2D eigenvalue weighted by atomic mass is 35.5. The lowest BCUT2D eigenvalue weighted by atomic mass is 9.96. The fraction of sp³-hybridized carbons (Fsp3) is 0.389. The highest BCUT2D eigenvalue weighted by Gasteiger charge is 2.40. The highest BCUT2D eigenvalue weighted by Crippen LogP contribution is 2.37. The van der Waals surface area contributed by atoms with Crippen LogP contribution in [0.1, 0.15) is 40.7 Å². The summed E-state index contributed by atoms with van der Waals surface area (Å²) in [5.41, 5.74) is 3.46. The Hall–Kier alpha value is -1.89. The topological polar surface area (TPSA) is 78.5 Å². The van der Waals surface area contributed by atoms with E-state index >= 15 is 0 Å². The van der Waals surface area contributed by atoms with E-state index in [2.05, 4.69) is 16.7 Å². The van der Waals surface area contributed by atoms with Gasteiger partial charge in [-0.15, -0.1) is 12.4 Å². The van der Waals surface area contributed by atoms with E-state index < -0.39 is 11.9 Å². The lowest BCUT2D eigenvalue weighted by Gasteiger charge is -2.29. The van der Waals surface area contributed by atoms with Crippen molar-refractivity contribution in [1.82, 2.24) is 15.5 Å². The van der Waals surface area contributed by atoms with E-state index in [9.17, 15) is 14.4 Å². The van der Waals surface area contributed by atoms with Crippen LogP contribution in [0.2, 0.25) is 5.02 Å². The molecule has 8 heteroatoms. The van der Waals surface area contributed by atoms with Gasteiger partial charge in [0.25, 0.3) is 5.91 Å². The predicted octanol–water partition coefficient (Wildman–Crippen LogP) is 1.90. The van der Waals surface area contributed by atoms with Gasteiger partial charge in [-0.1, -0.05) is 23.7 Å². The Morgan fingerprint density at radius 3 is 2.58 bits per heavy atom. The van der Waals surface area contributed by atoms with Crippen molar-refractivity contribution >= 4 is 47.3 Å². The first kappa shape index (κ1) is 18.9. The maximum absolute atomic E-state index is 12.7. The standard InChI is InChI=1S/C18H18ClN3O3.ClH/c19-16-11(10-5-7-20-8-6-10)1-2-12-13(16)9-22(18(12)25)14-3-4-15(23)21-17(14)24;/h1-2,5,14,20H,3-4,6-9H2,(H,21,23,24);1H. The van der Waals surface area contributed by atoms with Gasteiger partial charge in [-0.3, -0.25) is 19.7 Å². The van der Waals surface area contributed by atoms with Gasteiger partial charge >= 0.3 is 0 Å². The Balaban J connectivity index is 0.00000196. The first-order chi connectivity index (χ1) is 12.1. The molecule has 3 heterocycles. The molecule has 138 valence electrons. The van der Waals surface area contributed by atoms with Gasteiger partial charge in [0, 0.05) is 30.6 Å². The Kier molecular flexibility index (Phi) is 5.37. The van der Waals surface area contributed by atoms with Crippen molar-refractivity contribution in [1.29, 1.82) is 0 Å². The number of nitrogens with zero attached hydrogens (tertiary/aromatic N) is 1. The number of amides is 3. The minimum atomic E-state index is -0.616.